The number of carbonyl (C=O) groups excluding carboxylic acids is 2. The lowest BCUT2D eigenvalue weighted by Gasteiger charge is -2.26. The summed E-state index contributed by atoms with van der Waals surface area (Å²) in [6.45, 7) is 1.91. The molecule has 31 heavy (non-hydrogen) atoms. The van der Waals surface area contributed by atoms with Gasteiger partial charge in [0.25, 0.3) is 5.91 Å². The number of pyridine rings is 1. The standard InChI is InChI=1S/C25H18N2O4/c1-15-7-6-9-17(13-15)27-22(18-10-4-5-12-26-18)21(24(29)25(27)30)23(28)20-14-16-8-2-3-11-19(16)31-20/h2-14,22,29H,1H3. The van der Waals surface area contributed by atoms with E-state index < -0.39 is 23.5 Å². The number of aliphatic hydroxyl groups is 1. The summed E-state index contributed by atoms with van der Waals surface area (Å²) in [6.07, 6.45) is 1.59. The zero-order valence-electron chi connectivity index (χ0n) is 16.6. The monoisotopic (exact) mass is 410 g/mol. The van der Waals surface area contributed by atoms with E-state index in [9.17, 15) is 14.7 Å². The number of Topliss-reactive ketones (excluding diaryl/α,β-unsaturated/α-hetero) is 1. The first kappa shape index (κ1) is 18.8. The van der Waals surface area contributed by atoms with E-state index >= 15 is 0 Å². The van der Waals surface area contributed by atoms with Gasteiger partial charge in [0.05, 0.1) is 11.3 Å². The zero-order chi connectivity index (χ0) is 21.5. The second kappa shape index (κ2) is 7.25. The van der Waals surface area contributed by atoms with Crippen LogP contribution in [0.25, 0.3) is 11.0 Å². The first-order valence-corrected chi connectivity index (χ1v) is 9.82. The number of carbonyl (C=O) groups is 2. The molecule has 1 atom stereocenters. The minimum Gasteiger partial charge on any atom is -0.503 e. The Kier molecular flexibility index (Phi) is 4.40. The summed E-state index contributed by atoms with van der Waals surface area (Å²) in [4.78, 5) is 32.4. The molecule has 6 nitrogen and oxygen atoms in total. The van der Waals surface area contributed by atoms with Gasteiger partial charge in [0.1, 0.15) is 11.6 Å². The number of aryl methyl sites for hydroxylation is 1. The molecule has 1 aliphatic heterocycles. The summed E-state index contributed by atoms with van der Waals surface area (Å²) >= 11 is 0. The fraction of sp³-hybridized carbons (Fsp3) is 0.0800. The molecule has 0 saturated heterocycles. The van der Waals surface area contributed by atoms with Crippen LogP contribution in [0.15, 0.2) is 94.7 Å². The molecule has 0 aliphatic carbocycles. The maximum atomic E-state index is 13.5. The lowest BCUT2D eigenvalue weighted by atomic mass is 9.98. The largest absolute Gasteiger partial charge is 0.503 e. The van der Waals surface area contributed by atoms with Gasteiger partial charge >= 0.3 is 0 Å². The van der Waals surface area contributed by atoms with Gasteiger partial charge in [0, 0.05) is 17.3 Å². The van der Waals surface area contributed by atoms with Crippen molar-refractivity contribution < 1.29 is 19.1 Å². The molecule has 1 amide bonds. The number of aliphatic hydroxyl groups excluding tert-OH is 1. The van der Waals surface area contributed by atoms with Gasteiger partial charge in [-0.25, -0.2) is 0 Å². The molecular weight excluding hydrogens is 392 g/mol. The predicted octanol–water partition coefficient (Wildman–Crippen LogP) is 4.92. The molecule has 0 spiro atoms. The number of amides is 1. The molecule has 1 aliphatic rings. The SMILES string of the molecule is Cc1cccc(N2C(=O)C(O)=C(C(=O)c3cc4ccccc4o3)C2c2ccccn2)c1. The molecule has 0 fully saturated rings. The molecule has 1 unspecified atom stereocenters. The minimum absolute atomic E-state index is 0.0516. The van der Waals surface area contributed by atoms with Crippen molar-refractivity contribution in [3.8, 4) is 0 Å². The number of benzene rings is 2. The highest BCUT2D eigenvalue weighted by Crippen LogP contribution is 2.41. The Bertz CT molecular complexity index is 1320. The lowest BCUT2D eigenvalue weighted by Crippen LogP contribution is -2.31. The molecule has 2 aromatic carbocycles. The molecule has 1 N–H and O–H groups in total. The Morgan fingerprint density at radius 2 is 1.84 bits per heavy atom. The maximum absolute atomic E-state index is 13.5. The van der Waals surface area contributed by atoms with E-state index in [-0.39, 0.29) is 11.3 Å². The molecule has 4 aromatic rings. The smallest absolute Gasteiger partial charge is 0.294 e. The van der Waals surface area contributed by atoms with Gasteiger partial charge in [-0.05, 0) is 48.9 Å². The van der Waals surface area contributed by atoms with Crippen molar-refractivity contribution in [3.63, 3.8) is 0 Å². The Hall–Kier alpha value is -4.19. The topological polar surface area (TPSA) is 83.6 Å². The Morgan fingerprint density at radius 1 is 1.03 bits per heavy atom. The molecule has 0 radical (unpaired) electrons. The quantitative estimate of drug-likeness (QED) is 0.483. The van der Waals surface area contributed by atoms with Crippen LogP contribution in [0.2, 0.25) is 0 Å². The van der Waals surface area contributed by atoms with Crippen molar-refractivity contribution in [2.75, 3.05) is 4.90 Å². The van der Waals surface area contributed by atoms with Crippen molar-refractivity contribution in [2.45, 2.75) is 13.0 Å². The van der Waals surface area contributed by atoms with E-state index in [2.05, 4.69) is 4.98 Å². The van der Waals surface area contributed by atoms with Crippen LogP contribution in [-0.4, -0.2) is 21.8 Å². The van der Waals surface area contributed by atoms with Crippen LogP contribution in [0.3, 0.4) is 0 Å². The van der Waals surface area contributed by atoms with E-state index in [0.717, 1.165) is 10.9 Å². The molecular formula is C25H18N2O4. The van der Waals surface area contributed by atoms with Crippen LogP contribution in [0.1, 0.15) is 27.9 Å². The van der Waals surface area contributed by atoms with Gasteiger partial charge in [-0.2, -0.15) is 0 Å². The van der Waals surface area contributed by atoms with Crippen molar-refractivity contribution in [2.24, 2.45) is 0 Å². The number of furan rings is 1. The Morgan fingerprint density at radius 3 is 2.58 bits per heavy atom. The summed E-state index contributed by atoms with van der Waals surface area (Å²) in [7, 11) is 0. The van der Waals surface area contributed by atoms with Gasteiger partial charge in [-0.1, -0.05) is 36.4 Å². The number of rotatable bonds is 4. The second-order valence-electron chi connectivity index (χ2n) is 7.41. The molecule has 0 bridgehead atoms. The van der Waals surface area contributed by atoms with Crippen molar-refractivity contribution in [1.29, 1.82) is 0 Å². The summed E-state index contributed by atoms with van der Waals surface area (Å²) in [6, 6.07) is 20.6. The lowest BCUT2D eigenvalue weighted by molar-refractivity contribution is -0.117. The van der Waals surface area contributed by atoms with E-state index in [4.69, 9.17) is 4.42 Å². The summed E-state index contributed by atoms with van der Waals surface area (Å²) in [5.74, 6) is -1.74. The summed E-state index contributed by atoms with van der Waals surface area (Å²) in [5, 5.41) is 11.6. The molecule has 0 saturated carbocycles. The van der Waals surface area contributed by atoms with Crippen molar-refractivity contribution in [3.05, 3.63) is 107 Å². The number of anilines is 1. The van der Waals surface area contributed by atoms with Crippen LogP contribution in [0, 0.1) is 6.92 Å². The van der Waals surface area contributed by atoms with Crippen LogP contribution in [-0.2, 0) is 4.79 Å². The third-order valence-electron chi connectivity index (χ3n) is 5.35. The van der Waals surface area contributed by atoms with Crippen molar-refractivity contribution in [1.82, 2.24) is 4.98 Å². The van der Waals surface area contributed by atoms with Gasteiger partial charge in [0.15, 0.2) is 11.5 Å². The van der Waals surface area contributed by atoms with Gasteiger partial charge in [-0.15, -0.1) is 0 Å². The van der Waals surface area contributed by atoms with E-state index in [1.807, 2.05) is 43.3 Å². The fourth-order valence-corrected chi connectivity index (χ4v) is 3.93. The summed E-state index contributed by atoms with van der Waals surface area (Å²) in [5.41, 5.74) is 2.49. The number of fused-ring (bicyclic) bond motifs is 1. The number of hydrogen-bond donors (Lipinski definition) is 1. The third kappa shape index (κ3) is 3.09. The number of nitrogens with zero attached hydrogens (tertiary/aromatic N) is 2. The fourth-order valence-electron chi connectivity index (χ4n) is 3.93. The van der Waals surface area contributed by atoms with Gasteiger partial charge < -0.3 is 9.52 Å². The Balaban J connectivity index is 1.67. The molecule has 152 valence electrons. The number of aromatic nitrogens is 1. The highest BCUT2D eigenvalue weighted by molar-refractivity contribution is 6.20. The Labute approximate surface area is 178 Å². The van der Waals surface area contributed by atoms with Gasteiger partial charge in [0.2, 0.25) is 5.78 Å². The third-order valence-corrected chi connectivity index (χ3v) is 5.35. The first-order valence-electron chi connectivity index (χ1n) is 9.82. The number of para-hydroxylation sites is 1. The summed E-state index contributed by atoms with van der Waals surface area (Å²) < 4.78 is 5.73. The average molecular weight is 410 g/mol. The average Bonchev–Trinajstić information content (AvgIpc) is 3.33. The highest BCUT2D eigenvalue weighted by Gasteiger charge is 2.46. The first-order chi connectivity index (χ1) is 15.0. The highest BCUT2D eigenvalue weighted by atomic mass is 16.3. The van der Waals surface area contributed by atoms with E-state index in [0.29, 0.717) is 17.0 Å². The van der Waals surface area contributed by atoms with Crippen molar-refractivity contribution >= 4 is 28.3 Å². The predicted molar refractivity (Wildman–Crippen MR) is 116 cm³/mol. The van der Waals surface area contributed by atoms with Crippen LogP contribution in [0.4, 0.5) is 5.69 Å². The molecule has 3 heterocycles. The molecule has 2 aromatic heterocycles. The normalized spacial score (nSPS) is 16.4. The minimum atomic E-state index is -0.879. The van der Waals surface area contributed by atoms with Crippen LogP contribution in [0.5, 0.6) is 0 Å². The van der Waals surface area contributed by atoms with E-state index in [1.165, 1.54) is 4.90 Å². The van der Waals surface area contributed by atoms with Crippen LogP contribution >= 0.6 is 0 Å². The van der Waals surface area contributed by atoms with Gasteiger partial charge in [-0.3, -0.25) is 19.5 Å². The maximum Gasteiger partial charge on any atom is 0.294 e. The number of ketones is 1. The second-order valence-corrected chi connectivity index (χ2v) is 7.41. The van der Waals surface area contributed by atoms with Crippen LogP contribution < -0.4 is 4.90 Å². The van der Waals surface area contributed by atoms with E-state index in [1.54, 1.807) is 42.6 Å². The number of hydrogen-bond acceptors (Lipinski definition) is 5. The molecule has 6 heteroatoms. The molecule has 5 rings (SSSR count). The zero-order valence-corrected chi connectivity index (χ0v) is 16.6.